The van der Waals surface area contributed by atoms with E-state index in [4.69, 9.17) is 13.9 Å². The first-order chi connectivity index (χ1) is 15.5. The number of carbonyl (C=O) groups is 3. The van der Waals surface area contributed by atoms with Gasteiger partial charge >= 0.3 is 6.03 Å². The lowest BCUT2D eigenvalue weighted by Crippen LogP contribution is -2.52. The molecule has 32 heavy (non-hydrogen) atoms. The van der Waals surface area contributed by atoms with Gasteiger partial charge in [-0.2, -0.15) is 0 Å². The van der Waals surface area contributed by atoms with Crippen LogP contribution in [-0.4, -0.2) is 60.1 Å². The van der Waals surface area contributed by atoms with E-state index in [9.17, 15) is 14.4 Å². The van der Waals surface area contributed by atoms with Crippen molar-refractivity contribution in [1.29, 1.82) is 0 Å². The van der Waals surface area contributed by atoms with Gasteiger partial charge in [0.1, 0.15) is 23.8 Å². The van der Waals surface area contributed by atoms with Gasteiger partial charge in [-0.3, -0.25) is 14.6 Å². The number of nitrogens with zero attached hydrogens (tertiary/aromatic N) is 3. The summed E-state index contributed by atoms with van der Waals surface area (Å²) in [5.41, 5.74) is 0.696. The Labute approximate surface area is 182 Å². The second-order valence-electron chi connectivity index (χ2n) is 7.67. The minimum absolute atomic E-state index is 0.118. The molecule has 10 nitrogen and oxygen atoms in total. The summed E-state index contributed by atoms with van der Waals surface area (Å²) in [5, 5.41) is 2.74. The lowest BCUT2D eigenvalue weighted by Gasteiger charge is -2.29. The Hall–Kier alpha value is -3.92. The number of ether oxygens (including phenoxy) is 2. The molecule has 0 bridgehead atoms. The van der Waals surface area contributed by atoms with E-state index in [-0.39, 0.29) is 31.5 Å². The highest BCUT2D eigenvalue weighted by molar-refractivity contribution is 6.08. The molecule has 3 aromatic rings. The smallest absolute Gasteiger partial charge is 0.327 e. The fourth-order valence-corrected chi connectivity index (χ4v) is 4.19. The van der Waals surface area contributed by atoms with E-state index in [2.05, 4.69) is 10.3 Å². The highest BCUT2D eigenvalue weighted by Crippen LogP contribution is 2.36. The molecule has 0 saturated carbocycles. The molecule has 0 spiro atoms. The first-order valence-electron chi connectivity index (χ1n) is 9.91. The third-order valence-electron chi connectivity index (χ3n) is 5.77. The number of hydrogen-bond donors (Lipinski definition) is 1. The standard InChI is InChI=1S/C22H20N4O6/c1-30-12-26-20(28)22(24-21(26)29,18-9-16-17(32-18)4-3-7-23-16)11-25-10-13-5-6-14(31-2)8-15(13)19(25)27/h3-9H,10-12H2,1-2H3,(H,24,29)/t22-/m0/s1. The highest BCUT2D eigenvalue weighted by atomic mass is 16.5. The average molecular weight is 436 g/mol. The summed E-state index contributed by atoms with van der Waals surface area (Å²) in [5.74, 6) is -0.0671. The van der Waals surface area contributed by atoms with Crippen molar-refractivity contribution in [1.82, 2.24) is 20.1 Å². The SMILES string of the molecule is COCN1C(=O)N[C@@](CN2Cc3ccc(OC)cc3C2=O)(c2cc3ncccc3o2)C1=O. The summed E-state index contributed by atoms with van der Waals surface area (Å²) < 4.78 is 16.2. The van der Waals surface area contributed by atoms with E-state index in [1.54, 1.807) is 36.5 Å². The Morgan fingerprint density at radius 3 is 2.78 bits per heavy atom. The quantitative estimate of drug-likeness (QED) is 0.587. The second kappa shape index (κ2) is 7.34. The summed E-state index contributed by atoms with van der Waals surface area (Å²) >= 11 is 0. The maximum Gasteiger partial charge on any atom is 0.327 e. The number of rotatable bonds is 6. The number of fused-ring (bicyclic) bond motifs is 2. The van der Waals surface area contributed by atoms with Crippen LogP contribution in [0.3, 0.4) is 0 Å². The zero-order valence-corrected chi connectivity index (χ0v) is 17.5. The number of benzene rings is 1. The topological polar surface area (TPSA) is 114 Å². The molecular formula is C22H20N4O6. The number of pyridine rings is 1. The van der Waals surface area contributed by atoms with Crippen molar-refractivity contribution in [3.8, 4) is 5.75 Å². The van der Waals surface area contributed by atoms with E-state index in [0.29, 0.717) is 22.4 Å². The van der Waals surface area contributed by atoms with Gasteiger partial charge in [-0.25, -0.2) is 9.69 Å². The fraction of sp³-hybridized carbons (Fsp3) is 0.273. The molecule has 0 unspecified atom stereocenters. The molecule has 10 heteroatoms. The van der Waals surface area contributed by atoms with E-state index < -0.39 is 17.5 Å². The maximum atomic E-state index is 13.5. The Balaban J connectivity index is 1.56. The van der Waals surface area contributed by atoms with E-state index >= 15 is 0 Å². The Morgan fingerprint density at radius 1 is 1.19 bits per heavy atom. The van der Waals surface area contributed by atoms with Gasteiger partial charge in [0.05, 0.1) is 13.7 Å². The van der Waals surface area contributed by atoms with Gasteiger partial charge in [0.2, 0.25) is 0 Å². The van der Waals surface area contributed by atoms with Gasteiger partial charge < -0.3 is 24.1 Å². The normalized spacial score (nSPS) is 20.2. The summed E-state index contributed by atoms with van der Waals surface area (Å²) in [6, 6.07) is 9.67. The zero-order valence-electron chi connectivity index (χ0n) is 17.5. The van der Waals surface area contributed by atoms with Crippen LogP contribution in [0.25, 0.3) is 11.1 Å². The number of imide groups is 1. The Bertz CT molecular complexity index is 1220. The molecule has 0 aliphatic carbocycles. The van der Waals surface area contributed by atoms with Crippen LogP contribution in [0.15, 0.2) is 47.0 Å². The summed E-state index contributed by atoms with van der Waals surface area (Å²) in [6.07, 6.45) is 1.61. The van der Waals surface area contributed by atoms with Crippen molar-refractivity contribution in [2.45, 2.75) is 12.1 Å². The summed E-state index contributed by atoms with van der Waals surface area (Å²) in [6.45, 7) is -0.0600. The number of urea groups is 1. The third-order valence-corrected chi connectivity index (χ3v) is 5.77. The summed E-state index contributed by atoms with van der Waals surface area (Å²) in [4.78, 5) is 46.0. The number of nitrogens with one attached hydrogen (secondary N) is 1. The number of aromatic nitrogens is 1. The molecule has 164 valence electrons. The lowest BCUT2D eigenvalue weighted by molar-refractivity contribution is -0.135. The van der Waals surface area contributed by atoms with Gasteiger partial charge in [-0.15, -0.1) is 0 Å². The number of hydrogen-bond acceptors (Lipinski definition) is 7. The maximum absolute atomic E-state index is 13.5. The molecule has 2 aliphatic rings. The van der Waals surface area contributed by atoms with Crippen molar-refractivity contribution in [3.63, 3.8) is 0 Å². The van der Waals surface area contributed by atoms with Crippen LogP contribution in [0.5, 0.6) is 5.75 Å². The molecule has 0 radical (unpaired) electrons. The van der Waals surface area contributed by atoms with Gasteiger partial charge in [0.25, 0.3) is 11.8 Å². The molecule has 1 saturated heterocycles. The Kier molecular flexibility index (Phi) is 4.59. The molecule has 1 atom stereocenters. The predicted molar refractivity (Wildman–Crippen MR) is 111 cm³/mol. The molecular weight excluding hydrogens is 416 g/mol. The monoisotopic (exact) mass is 436 g/mol. The molecule has 1 aromatic carbocycles. The van der Waals surface area contributed by atoms with Gasteiger partial charge in [-0.1, -0.05) is 6.07 Å². The van der Waals surface area contributed by atoms with E-state index in [1.165, 1.54) is 19.1 Å². The van der Waals surface area contributed by atoms with Crippen molar-refractivity contribution in [2.75, 3.05) is 27.5 Å². The number of amides is 4. The Morgan fingerprint density at radius 2 is 2.03 bits per heavy atom. The van der Waals surface area contributed by atoms with Crippen molar-refractivity contribution in [2.24, 2.45) is 0 Å². The van der Waals surface area contributed by atoms with Gasteiger partial charge in [0.15, 0.2) is 11.1 Å². The first-order valence-corrected chi connectivity index (χ1v) is 9.91. The average Bonchev–Trinajstić information content (AvgIpc) is 3.44. The first kappa shape index (κ1) is 20.0. The second-order valence-corrected chi connectivity index (χ2v) is 7.67. The van der Waals surface area contributed by atoms with Crippen LogP contribution in [0, 0.1) is 0 Å². The fourth-order valence-electron chi connectivity index (χ4n) is 4.19. The predicted octanol–water partition coefficient (Wildman–Crippen LogP) is 1.84. The number of methoxy groups -OCH3 is 2. The van der Waals surface area contributed by atoms with Crippen LogP contribution < -0.4 is 10.1 Å². The molecule has 2 aromatic heterocycles. The zero-order chi connectivity index (χ0) is 22.5. The minimum atomic E-state index is -1.61. The van der Waals surface area contributed by atoms with Crippen molar-refractivity contribution < 1.29 is 28.3 Å². The summed E-state index contributed by atoms with van der Waals surface area (Å²) in [7, 11) is 2.92. The van der Waals surface area contributed by atoms with Crippen LogP contribution in [-0.2, 0) is 21.6 Å². The lowest BCUT2D eigenvalue weighted by atomic mass is 9.95. The largest absolute Gasteiger partial charge is 0.497 e. The van der Waals surface area contributed by atoms with Crippen LogP contribution in [0.1, 0.15) is 21.7 Å². The van der Waals surface area contributed by atoms with Crippen molar-refractivity contribution in [3.05, 3.63) is 59.5 Å². The molecule has 4 heterocycles. The molecule has 2 aliphatic heterocycles. The molecule has 1 N–H and O–H groups in total. The molecule has 5 rings (SSSR count). The highest BCUT2D eigenvalue weighted by Gasteiger charge is 2.56. The van der Waals surface area contributed by atoms with Gasteiger partial charge in [-0.05, 0) is 29.8 Å². The van der Waals surface area contributed by atoms with Crippen LogP contribution in [0.2, 0.25) is 0 Å². The number of carbonyl (C=O) groups excluding carboxylic acids is 3. The molecule has 4 amide bonds. The van der Waals surface area contributed by atoms with Gasteiger partial charge in [0, 0.05) is 31.5 Å². The third kappa shape index (κ3) is 2.91. The molecule has 1 fully saturated rings. The van der Waals surface area contributed by atoms with Crippen molar-refractivity contribution >= 4 is 28.9 Å². The van der Waals surface area contributed by atoms with Crippen LogP contribution in [0.4, 0.5) is 4.79 Å². The number of furan rings is 1. The van der Waals surface area contributed by atoms with E-state index in [0.717, 1.165) is 10.5 Å². The van der Waals surface area contributed by atoms with Crippen LogP contribution >= 0.6 is 0 Å². The van der Waals surface area contributed by atoms with E-state index in [1.807, 2.05) is 6.07 Å². The minimum Gasteiger partial charge on any atom is -0.497 e.